The highest BCUT2D eigenvalue weighted by molar-refractivity contribution is 6.34. The first-order chi connectivity index (χ1) is 7.18. The smallest absolute Gasteiger partial charge is 0.0483 e. The van der Waals surface area contributed by atoms with Crippen LogP contribution in [0.4, 0.5) is 0 Å². The molecule has 1 aliphatic rings. The number of benzene rings is 1. The maximum Gasteiger partial charge on any atom is 0.0483 e. The predicted octanol–water partition coefficient (Wildman–Crippen LogP) is 2.78. The van der Waals surface area contributed by atoms with Gasteiger partial charge in [0.25, 0.3) is 0 Å². The minimum absolute atomic E-state index is 0.657. The van der Waals surface area contributed by atoms with Crippen LogP contribution in [0.3, 0.4) is 0 Å². The van der Waals surface area contributed by atoms with Crippen LogP contribution in [0, 0.1) is 0 Å². The molecule has 0 bridgehead atoms. The summed E-state index contributed by atoms with van der Waals surface area (Å²) in [5, 5.41) is 4.41. The first-order valence-corrected chi connectivity index (χ1v) is 5.28. The number of dihydropyridines is 1. The summed E-state index contributed by atoms with van der Waals surface area (Å²) in [5.41, 5.74) is 8.47. The van der Waals surface area contributed by atoms with Gasteiger partial charge in [-0.05, 0) is 30.5 Å². The van der Waals surface area contributed by atoms with E-state index in [1.807, 2.05) is 18.3 Å². The third kappa shape index (κ3) is 2.11. The Morgan fingerprint density at radius 1 is 1.27 bits per heavy atom. The predicted molar refractivity (Wildman–Crippen MR) is 64.7 cm³/mol. The molecule has 0 unspecified atom stereocenters. The summed E-state index contributed by atoms with van der Waals surface area (Å²) in [7, 11) is 0. The van der Waals surface area contributed by atoms with E-state index in [0.717, 1.165) is 16.8 Å². The normalized spacial score (nSPS) is 15.3. The van der Waals surface area contributed by atoms with Gasteiger partial charge in [0.2, 0.25) is 0 Å². The lowest BCUT2D eigenvalue weighted by molar-refractivity contribution is 0.970. The zero-order valence-corrected chi connectivity index (χ0v) is 9.44. The van der Waals surface area contributed by atoms with Gasteiger partial charge in [-0.25, -0.2) is 0 Å². The third-order valence-electron chi connectivity index (χ3n) is 2.26. The molecule has 0 amide bonds. The Balaban J connectivity index is 2.53. The molecule has 3 N–H and O–H groups in total. The molecule has 15 heavy (non-hydrogen) atoms. The van der Waals surface area contributed by atoms with E-state index in [9.17, 15) is 0 Å². The van der Waals surface area contributed by atoms with Crippen molar-refractivity contribution in [3.8, 4) is 0 Å². The van der Waals surface area contributed by atoms with Gasteiger partial charge in [-0.15, -0.1) is 0 Å². The fourth-order valence-electron chi connectivity index (χ4n) is 1.49. The number of nitrogens with one attached hydrogen (secondary N) is 1. The molecule has 0 radical (unpaired) electrons. The molecule has 4 heteroatoms. The highest BCUT2D eigenvalue weighted by atomic mass is 35.5. The summed E-state index contributed by atoms with van der Waals surface area (Å²) in [6.07, 6.45) is 3.63. The van der Waals surface area contributed by atoms with Crippen LogP contribution >= 0.6 is 23.2 Å². The van der Waals surface area contributed by atoms with E-state index in [1.165, 1.54) is 0 Å². The number of hydrogen-bond donors (Lipinski definition) is 2. The Morgan fingerprint density at radius 3 is 2.80 bits per heavy atom. The maximum absolute atomic E-state index is 6.09. The molecule has 0 spiro atoms. The Morgan fingerprint density at radius 2 is 2.07 bits per heavy atom. The van der Waals surface area contributed by atoms with Crippen LogP contribution in [0.1, 0.15) is 5.56 Å². The van der Waals surface area contributed by atoms with Crippen molar-refractivity contribution < 1.29 is 0 Å². The van der Waals surface area contributed by atoms with E-state index in [0.29, 0.717) is 16.6 Å². The Bertz CT molecular complexity index is 450. The molecule has 1 aromatic carbocycles. The molecule has 0 saturated carbocycles. The Labute approximate surface area is 98.4 Å². The van der Waals surface area contributed by atoms with Crippen LogP contribution in [-0.4, -0.2) is 6.54 Å². The molecule has 0 saturated heterocycles. The van der Waals surface area contributed by atoms with E-state index >= 15 is 0 Å². The zero-order valence-electron chi connectivity index (χ0n) is 7.93. The van der Waals surface area contributed by atoms with Gasteiger partial charge >= 0.3 is 0 Å². The van der Waals surface area contributed by atoms with Crippen LogP contribution in [0.2, 0.25) is 10.0 Å². The molecular weight excluding hydrogens is 231 g/mol. The minimum Gasteiger partial charge on any atom is -0.398 e. The molecule has 1 heterocycles. The van der Waals surface area contributed by atoms with E-state index in [1.54, 1.807) is 12.1 Å². The van der Waals surface area contributed by atoms with Crippen LogP contribution < -0.4 is 11.1 Å². The number of halogens is 2. The lowest BCUT2D eigenvalue weighted by Crippen LogP contribution is -2.18. The molecule has 0 aromatic heterocycles. The van der Waals surface area contributed by atoms with Gasteiger partial charge in [0, 0.05) is 33.4 Å². The van der Waals surface area contributed by atoms with Crippen LogP contribution in [-0.2, 0) is 0 Å². The van der Waals surface area contributed by atoms with Gasteiger partial charge in [-0.3, -0.25) is 0 Å². The standard InChI is InChI=1S/C11H10Cl2N2/c12-7-1-2-10(13)8(5-7)9-6-15-4-3-11(9)14/h1-5,15H,6,14H2. The van der Waals surface area contributed by atoms with Crippen molar-refractivity contribution >= 4 is 28.8 Å². The molecule has 1 aliphatic heterocycles. The average Bonchev–Trinajstić information content (AvgIpc) is 2.23. The first kappa shape index (κ1) is 10.4. The van der Waals surface area contributed by atoms with Gasteiger partial charge in [0.1, 0.15) is 0 Å². The fourth-order valence-corrected chi connectivity index (χ4v) is 1.90. The summed E-state index contributed by atoms with van der Waals surface area (Å²) in [4.78, 5) is 0. The van der Waals surface area contributed by atoms with Crippen molar-refractivity contribution in [2.75, 3.05) is 6.54 Å². The molecule has 2 nitrogen and oxygen atoms in total. The largest absolute Gasteiger partial charge is 0.398 e. The lowest BCUT2D eigenvalue weighted by atomic mass is 10.0. The first-order valence-electron chi connectivity index (χ1n) is 4.52. The highest BCUT2D eigenvalue weighted by Crippen LogP contribution is 2.28. The SMILES string of the molecule is NC1=C(c2cc(Cl)ccc2Cl)CNC=C1. The molecule has 0 atom stereocenters. The highest BCUT2D eigenvalue weighted by Gasteiger charge is 2.11. The number of nitrogens with two attached hydrogens (primary N) is 1. The second-order valence-corrected chi connectivity index (χ2v) is 4.12. The maximum atomic E-state index is 6.09. The minimum atomic E-state index is 0.657. The van der Waals surface area contributed by atoms with Gasteiger partial charge in [0.15, 0.2) is 0 Å². The number of allylic oxidation sites excluding steroid dienone is 1. The van der Waals surface area contributed by atoms with E-state index in [2.05, 4.69) is 5.32 Å². The van der Waals surface area contributed by atoms with Crippen molar-refractivity contribution in [3.63, 3.8) is 0 Å². The second kappa shape index (κ2) is 4.17. The topological polar surface area (TPSA) is 38.0 Å². The third-order valence-corrected chi connectivity index (χ3v) is 2.83. The zero-order chi connectivity index (χ0) is 10.8. The molecule has 1 aromatic rings. The fraction of sp³-hybridized carbons (Fsp3) is 0.0909. The molecule has 0 fully saturated rings. The van der Waals surface area contributed by atoms with E-state index < -0.39 is 0 Å². The van der Waals surface area contributed by atoms with Crippen molar-refractivity contribution in [2.45, 2.75) is 0 Å². The van der Waals surface area contributed by atoms with Gasteiger partial charge in [0.05, 0.1) is 0 Å². The molecular formula is C11H10Cl2N2. The second-order valence-electron chi connectivity index (χ2n) is 3.27. The summed E-state index contributed by atoms with van der Waals surface area (Å²) in [5.74, 6) is 0. The van der Waals surface area contributed by atoms with Gasteiger partial charge < -0.3 is 11.1 Å². The summed E-state index contributed by atoms with van der Waals surface area (Å²) < 4.78 is 0. The average molecular weight is 241 g/mol. The molecule has 2 rings (SSSR count). The summed E-state index contributed by atoms with van der Waals surface area (Å²) in [6.45, 7) is 0.669. The summed E-state index contributed by atoms with van der Waals surface area (Å²) >= 11 is 12.0. The van der Waals surface area contributed by atoms with Crippen molar-refractivity contribution in [1.82, 2.24) is 5.32 Å². The van der Waals surface area contributed by atoms with Crippen LogP contribution in [0.25, 0.3) is 5.57 Å². The monoisotopic (exact) mass is 240 g/mol. The van der Waals surface area contributed by atoms with Crippen molar-refractivity contribution in [1.29, 1.82) is 0 Å². The van der Waals surface area contributed by atoms with Crippen molar-refractivity contribution in [3.05, 3.63) is 51.8 Å². The van der Waals surface area contributed by atoms with E-state index in [4.69, 9.17) is 28.9 Å². The van der Waals surface area contributed by atoms with Crippen LogP contribution in [0.5, 0.6) is 0 Å². The van der Waals surface area contributed by atoms with Gasteiger partial charge in [-0.2, -0.15) is 0 Å². The molecule has 0 aliphatic carbocycles. The molecule has 78 valence electrons. The van der Waals surface area contributed by atoms with Crippen molar-refractivity contribution in [2.24, 2.45) is 5.73 Å². The van der Waals surface area contributed by atoms with E-state index in [-0.39, 0.29) is 0 Å². The number of hydrogen-bond acceptors (Lipinski definition) is 2. The Kier molecular flexibility index (Phi) is 2.89. The summed E-state index contributed by atoms with van der Waals surface area (Å²) in [6, 6.07) is 5.36. The Hall–Kier alpha value is -1.12. The quantitative estimate of drug-likeness (QED) is 0.793. The van der Waals surface area contributed by atoms with Crippen LogP contribution in [0.15, 0.2) is 36.2 Å². The van der Waals surface area contributed by atoms with Gasteiger partial charge in [-0.1, -0.05) is 23.2 Å². The lowest BCUT2D eigenvalue weighted by Gasteiger charge is -2.16. The number of rotatable bonds is 1.